The van der Waals surface area contributed by atoms with Crippen LogP contribution in [0.1, 0.15) is 13.8 Å². The largest absolute Gasteiger partial charge is 0.380 e. The van der Waals surface area contributed by atoms with Gasteiger partial charge < -0.3 is 9.64 Å². The zero-order valence-electron chi connectivity index (χ0n) is 9.57. The lowest BCUT2D eigenvalue weighted by molar-refractivity contribution is -0.116. The highest BCUT2D eigenvalue weighted by Crippen LogP contribution is 2.24. The minimum Gasteiger partial charge on any atom is -0.380 e. The van der Waals surface area contributed by atoms with E-state index in [9.17, 15) is 4.79 Å². The molecule has 0 bridgehead atoms. The number of para-hydroxylation sites is 1. The van der Waals surface area contributed by atoms with Gasteiger partial charge in [-0.05, 0) is 19.1 Å². The van der Waals surface area contributed by atoms with Crippen molar-refractivity contribution in [2.45, 2.75) is 13.8 Å². The van der Waals surface area contributed by atoms with Crippen LogP contribution in [0, 0.1) is 0 Å². The van der Waals surface area contributed by atoms with Crippen LogP contribution in [0.5, 0.6) is 0 Å². The van der Waals surface area contributed by atoms with E-state index >= 15 is 0 Å². The molecule has 0 N–H and O–H groups in total. The predicted molar refractivity (Wildman–Crippen MR) is 66.0 cm³/mol. The summed E-state index contributed by atoms with van der Waals surface area (Å²) in [5.41, 5.74) is 0.733. The van der Waals surface area contributed by atoms with Crippen LogP contribution in [-0.4, -0.2) is 25.7 Å². The van der Waals surface area contributed by atoms with Crippen LogP contribution in [0.15, 0.2) is 24.3 Å². The summed E-state index contributed by atoms with van der Waals surface area (Å²) in [5, 5.41) is 0.578. The first-order valence-electron chi connectivity index (χ1n) is 5.27. The molecule has 0 atom stereocenters. The summed E-state index contributed by atoms with van der Waals surface area (Å²) in [6.45, 7) is 5.13. The van der Waals surface area contributed by atoms with Crippen molar-refractivity contribution in [3.8, 4) is 0 Å². The van der Waals surface area contributed by atoms with Crippen molar-refractivity contribution in [1.29, 1.82) is 0 Å². The summed E-state index contributed by atoms with van der Waals surface area (Å²) in [6, 6.07) is 7.30. The van der Waals surface area contributed by atoms with Gasteiger partial charge >= 0.3 is 0 Å². The average molecular weight is 242 g/mol. The molecule has 1 amide bonds. The van der Waals surface area contributed by atoms with Gasteiger partial charge in [-0.15, -0.1) is 0 Å². The van der Waals surface area contributed by atoms with E-state index in [1.165, 1.54) is 6.92 Å². The molecule has 0 spiro atoms. The van der Waals surface area contributed by atoms with Gasteiger partial charge in [-0.25, -0.2) is 0 Å². The molecule has 1 rings (SSSR count). The summed E-state index contributed by atoms with van der Waals surface area (Å²) in [6.07, 6.45) is 0. The molecular weight excluding hydrogens is 226 g/mol. The Bertz CT molecular complexity index is 355. The van der Waals surface area contributed by atoms with E-state index in [1.807, 2.05) is 25.1 Å². The van der Waals surface area contributed by atoms with Gasteiger partial charge in [0.05, 0.1) is 17.3 Å². The Morgan fingerprint density at radius 1 is 1.44 bits per heavy atom. The highest BCUT2D eigenvalue weighted by atomic mass is 35.5. The lowest BCUT2D eigenvalue weighted by Gasteiger charge is -2.22. The molecule has 0 aromatic heterocycles. The van der Waals surface area contributed by atoms with Gasteiger partial charge in [0.1, 0.15) is 0 Å². The Labute approximate surface area is 101 Å². The van der Waals surface area contributed by atoms with Crippen molar-refractivity contribution in [3.05, 3.63) is 29.3 Å². The molecule has 0 saturated carbocycles. The molecule has 16 heavy (non-hydrogen) atoms. The van der Waals surface area contributed by atoms with Crippen molar-refractivity contribution in [2.75, 3.05) is 24.7 Å². The third-order valence-electron chi connectivity index (χ3n) is 2.19. The first-order chi connectivity index (χ1) is 7.66. The molecule has 0 saturated heterocycles. The summed E-state index contributed by atoms with van der Waals surface area (Å²) < 4.78 is 5.24. The number of hydrogen-bond acceptors (Lipinski definition) is 2. The lowest BCUT2D eigenvalue weighted by atomic mass is 10.3. The number of carbonyl (C=O) groups excluding carboxylic acids is 1. The molecule has 1 aromatic rings. The number of nitrogens with zero attached hydrogens (tertiary/aromatic N) is 1. The van der Waals surface area contributed by atoms with Crippen molar-refractivity contribution >= 4 is 23.2 Å². The lowest BCUT2D eigenvalue weighted by Crippen LogP contribution is -2.32. The third-order valence-corrected chi connectivity index (χ3v) is 2.51. The number of halogens is 1. The van der Waals surface area contributed by atoms with Crippen LogP contribution in [0.4, 0.5) is 5.69 Å². The quantitative estimate of drug-likeness (QED) is 0.742. The fourth-order valence-electron chi connectivity index (χ4n) is 1.42. The molecule has 0 heterocycles. The maximum atomic E-state index is 11.5. The molecule has 0 radical (unpaired) electrons. The summed E-state index contributed by atoms with van der Waals surface area (Å²) in [4.78, 5) is 13.1. The Balaban J connectivity index is 2.78. The molecule has 0 aliphatic rings. The van der Waals surface area contributed by atoms with E-state index < -0.39 is 0 Å². The maximum absolute atomic E-state index is 11.5. The molecule has 0 aliphatic carbocycles. The molecular formula is C12H16ClNO2. The first-order valence-corrected chi connectivity index (χ1v) is 5.65. The van der Waals surface area contributed by atoms with Crippen LogP contribution in [0.25, 0.3) is 0 Å². The summed E-state index contributed by atoms with van der Waals surface area (Å²) in [7, 11) is 0. The first kappa shape index (κ1) is 13.0. The molecule has 1 aromatic carbocycles. The Morgan fingerprint density at radius 3 is 2.69 bits per heavy atom. The smallest absolute Gasteiger partial charge is 0.223 e. The normalized spacial score (nSPS) is 10.2. The van der Waals surface area contributed by atoms with Crippen molar-refractivity contribution < 1.29 is 9.53 Å². The predicted octanol–water partition coefficient (Wildman–Crippen LogP) is 2.73. The number of amides is 1. The van der Waals surface area contributed by atoms with Gasteiger partial charge in [-0.3, -0.25) is 4.79 Å². The average Bonchev–Trinajstić information content (AvgIpc) is 2.25. The molecule has 88 valence electrons. The SMILES string of the molecule is CCOCCN(C(C)=O)c1ccccc1Cl. The van der Waals surface area contributed by atoms with Crippen molar-refractivity contribution in [1.82, 2.24) is 0 Å². The van der Waals surface area contributed by atoms with Gasteiger partial charge in [-0.2, -0.15) is 0 Å². The van der Waals surface area contributed by atoms with Gasteiger partial charge in [0.2, 0.25) is 5.91 Å². The number of benzene rings is 1. The maximum Gasteiger partial charge on any atom is 0.223 e. The molecule has 0 fully saturated rings. The topological polar surface area (TPSA) is 29.5 Å². The van der Waals surface area contributed by atoms with Gasteiger partial charge in [-0.1, -0.05) is 23.7 Å². The van der Waals surface area contributed by atoms with Gasteiger partial charge in [0.15, 0.2) is 0 Å². The Hall–Kier alpha value is -1.06. The van der Waals surface area contributed by atoms with Gasteiger partial charge in [0, 0.05) is 20.1 Å². The van der Waals surface area contributed by atoms with E-state index in [-0.39, 0.29) is 5.91 Å². The summed E-state index contributed by atoms with van der Waals surface area (Å²) in [5.74, 6) is -0.0344. The highest BCUT2D eigenvalue weighted by molar-refractivity contribution is 6.33. The van der Waals surface area contributed by atoms with E-state index in [2.05, 4.69) is 0 Å². The number of ether oxygens (including phenoxy) is 1. The minimum atomic E-state index is -0.0344. The second-order valence-corrected chi connectivity index (χ2v) is 3.73. The fourth-order valence-corrected chi connectivity index (χ4v) is 1.66. The molecule has 4 heteroatoms. The molecule has 0 aliphatic heterocycles. The minimum absolute atomic E-state index is 0.0344. The Morgan fingerprint density at radius 2 is 2.12 bits per heavy atom. The van der Waals surface area contributed by atoms with Crippen LogP contribution < -0.4 is 4.90 Å². The third kappa shape index (κ3) is 3.51. The summed E-state index contributed by atoms with van der Waals surface area (Å²) >= 11 is 6.04. The van der Waals surface area contributed by atoms with Crippen LogP contribution in [0.2, 0.25) is 5.02 Å². The standard InChI is InChI=1S/C12H16ClNO2/c1-3-16-9-8-14(10(2)15)12-7-5-4-6-11(12)13/h4-7H,3,8-9H2,1-2H3. The Kier molecular flexibility index (Phi) is 5.29. The molecule has 3 nitrogen and oxygen atoms in total. The number of carbonyl (C=O) groups is 1. The zero-order valence-corrected chi connectivity index (χ0v) is 10.3. The number of rotatable bonds is 5. The van der Waals surface area contributed by atoms with Crippen LogP contribution in [0.3, 0.4) is 0 Å². The highest BCUT2D eigenvalue weighted by Gasteiger charge is 2.13. The number of hydrogen-bond donors (Lipinski definition) is 0. The van der Waals surface area contributed by atoms with E-state index in [4.69, 9.17) is 16.3 Å². The second kappa shape index (κ2) is 6.51. The molecule has 0 unspecified atom stereocenters. The van der Waals surface area contributed by atoms with Crippen LogP contribution >= 0.6 is 11.6 Å². The fraction of sp³-hybridized carbons (Fsp3) is 0.417. The van der Waals surface area contributed by atoms with Crippen molar-refractivity contribution in [3.63, 3.8) is 0 Å². The van der Waals surface area contributed by atoms with E-state index in [0.717, 1.165) is 5.69 Å². The van der Waals surface area contributed by atoms with E-state index in [0.29, 0.717) is 24.8 Å². The second-order valence-electron chi connectivity index (χ2n) is 3.32. The van der Waals surface area contributed by atoms with Crippen molar-refractivity contribution in [2.24, 2.45) is 0 Å². The van der Waals surface area contributed by atoms with E-state index in [1.54, 1.807) is 11.0 Å². The number of anilines is 1. The van der Waals surface area contributed by atoms with Gasteiger partial charge in [0.25, 0.3) is 0 Å². The zero-order chi connectivity index (χ0) is 12.0. The van der Waals surface area contributed by atoms with Crippen LogP contribution in [-0.2, 0) is 9.53 Å². The monoisotopic (exact) mass is 241 g/mol.